The second-order valence-electron chi connectivity index (χ2n) is 7.96. The Morgan fingerprint density at radius 1 is 1.10 bits per heavy atom. The number of fused-ring (bicyclic) bond motifs is 1. The van der Waals surface area contributed by atoms with Gasteiger partial charge in [0.2, 0.25) is 15.9 Å². The second kappa shape index (κ2) is 9.57. The van der Waals surface area contributed by atoms with Crippen LogP contribution in [0.1, 0.15) is 45.4 Å². The van der Waals surface area contributed by atoms with Crippen LogP contribution in [0.4, 0.5) is 0 Å². The second-order valence-corrected chi connectivity index (χ2v) is 9.68. The van der Waals surface area contributed by atoms with Gasteiger partial charge in [0.1, 0.15) is 0 Å². The Morgan fingerprint density at radius 2 is 1.80 bits per heavy atom. The fourth-order valence-corrected chi connectivity index (χ4v) is 5.08. The molecule has 30 heavy (non-hydrogen) atoms. The van der Waals surface area contributed by atoms with Crippen LogP contribution in [0.25, 0.3) is 10.8 Å². The Hall–Kier alpha value is -2.45. The number of likely N-dealkylation sites (tertiary alicyclic amines) is 1. The van der Waals surface area contributed by atoms with Crippen molar-refractivity contribution < 1.29 is 23.1 Å². The van der Waals surface area contributed by atoms with Crippen LogP contribution in [-0.2, 0) is 19.6 Å². The van der Waals surface area contributed by atoms with E-state index in [1.165, 1.54) is 0 Å². The van der Waals surface area contributed by atoms with E-state index < -0.39 is 22.2 Å². The number of aliphatic carboxylic acids is 1. The highest BCUT2D eigenvalue weighted by Crippen LogP contribution is 2.25. The highest BCUT2D eigenvalue weighted by atomic mass is 32.2. The number of piperidine rings is 1. The zero-order valence-corrected chi connectivity index (χ0v) is 17.9. The van der Waals surface area contributed by atoms with E-state index in [0.29, 0.717) is 31.7 Å². The van der Waals surface area contributed by atoms with Gasteiger partial charge < -0.3 is 10.0 Å². The Bertz CT molecular complexity index is 1020. The van der Waals surface area contributed by atoms with E-state index in [1.54, 1.807) is 23.1 Å². The van der Waals surface area contributed by atoms with Crippen molar-refractivity contribution in [2.24, 2.45) is 5.92 Å². The Morgan fingerprint density at radius 3 is 2.53 bits per heavy atom. The van der Waals surface area contributed by atoms with E-state index in [4.69, 9.17) is 5.11 Å². The van der Waals surface area contributed by atoms with Gasteiger partial charge in [-0.3, -0.25) is 9.59 Å². The SMILES string of the molecule is CC1CCN(C(=O)CCCCC(=O)O)[C@@H](NS(=O)(=O)c2ccc3ccccc3c2)C1. The highest BCUT2D eigenvalue weighted by Gasteiger charge is 2.33. The third kappa shape index (κ3) is 5.58. The van der Waals surface area contributed by atoms with Gasteiger partial charge in [-0.1, -0.05) is 37.3 Å². The van der Waals surface area contributed by atoms with Crippen molar-refractivity contribution >= 4 is 32.7 Å². The maximum Gasteiger partial charge on any atom is 0.303 e. The first kappa shape index (κ1) is 22.2. The fourth-order valence-electron chi connectivity index (χ4n) is 3.83. The lowest BCUT2D eigenvalue weighted by Crippen LogP contribution is -2.54. The summed E-state index contributed by atoms with van der Waals surface area (Å²) in [4.78, 5) is 25.1. The van der Waals surface area contributed by atoms with E-state index in [2.05, 4.69) is 4.72 Å². The Balaban J connectivity index is 1.72. The topological polar surface area (TPSA) is 104 Å². The zero-order valence-electron chi connectivity index (χ0n) is 17.1. The van der Waals surface area contributed by atoms with E-state index in [9.17, 15) is 18.0 Å². The van der Waals surface area contributed by atoms with E-state index >= 15 is 0 Å². The minimum absolute atomic E-state index is 0.0301. The van der Waals surface area contributed by atoms with Crippen LogP contribution >= 0.6 is 0 Å². The largest absolute Gasteiger partial charge is 0.481 e. The van der Waals surface area contributed by atoms with Crippen molar-refractivity contribution in [3.63, 3.8) is 0 Å². The Labute approximate surface area is 177 Å². The van der Waals surface area contributed by atoms with Crippen molar-refractivity contribution in [2.45, 2.75) is 56.5 Å². The minimum Gasteiger partial charge on any atom is -0.481 e. The van der Waals surface area contributed by atoms with Gasteiger partial charge >= 0.3 is 5.97 Å². The number of hydrogen-bond acceptors (Lipinski definition) is 4. The van der Waals surface area contributed by atoms with Crippen molar-refractivity contribution in [3.8, 4) is 0 Å². The maximum absolute atomic E-state index is 13.0. The van der Waals surface area contributed by atoms with E-state index in [-0.39, 0.29) is 23.6 Å². The molecule has 1 aliphatic heterocycles. The van der Waals surface area contributed by atoms with Gasteiger partial charge in [0.25, 0.3) is 0 Å². The molecule has 1 amide bonds. The summed E-state index contributed by atoms with van der Waals surface area (Å²) in [6, 6.07) is 12.5. The van der Waals surface area contributed by atoms with Crippen molar-refractivity contribution in [3.05, 3.63) is 42.5 Å². The molecule has 1 fully saturated rings. The number of hydrogen-bond donors (Lipinski definition) is 2. The van der Waals surface area contributed by atoms with Crippen LogP contribution in [0.5, 0.6) is 0 Å². The Kier molecular flexibility index (Phi) is 7.10. The molecular weight excluding hydrogens is 404 g/mol. The summed E-state index contributed by atoms with van der Waals surface area (Å²) in [5, 5.41) is 10.5. The summed E-state index contributed by atoms with van der Waals surface area (Å²) >= 11 is 0. The molecule has 162 valence electrons. The van der Waals surface area contributed by atoms with Gasteiger partial charge in [0, 0.05) is 19.4 Å². The first-order chi connectivity index (χ1) is 14.3. The number of benzene rings is 2. The molecule has 0 spiro atoms. The van der Waals surface area contributed by atoms with Crippen LogP contribution in [0.15, 0.2) is 47.4 Å². The monoisotopic (exact) mass is 432 g/mol. The number of nitrogens with zero attached hydrogens (tertiary/aromatic N) is 1. The molecule has 1 unspecified atom stereocenters. The van der Waals surface area contributed by atoms with Gasteiger partial charge in [-0.05, 0) is 54.5 Å². The number of carboxylic acid groups (broad SMARTS) is 1. The number of unbranched alkanes of at least 4 members (excludes halogenated alkanes) is 1. The molecule has 0 aromatic heterocycles. The maximum atomic E-state index is 13.0. The predicted octanol–water partition coefficient (Wildman–Crippen LogP) is 3.35. The van der Waals surface area contributed by atoms with Crippen molar-refractivity contribution in [2.75, 3.05) is 6.54 Å². The number of carbonyl (C=O) groups is 2. The minimum atomic E-state index is -3.80. The lowest BCUT2D eigenvalue weighted by atomic mass is 9.96. The van der Waals surface area contributed by atoms with Crippen LogP contribution < -0.4 is 4.72 Å². The number of sulfonamides is 1. The molecule has 7 nitrogen and oxygen atoms in total. The number of carboxylic acids is 1. The summed E-state index contributed by atoms with van der Waals surface area (Å²) in [6.07, 6.45) is 1.92. The lowest BCUT2D eigenvalue weighted by Gasteiger charge is -2.38. The summed E-state index contributed by atoms with van der Waals surface area (Å²) < 4.78 is 28.8. The molecular formula is C22H28N2O5S. The molecule has 0 aliphatic carbocycles. The highest BCUT2D eigenvalue weighted by molar-refractivity contribution is 7.89. The molecule has 0 bridgehead atoms. The normalized spacial score (nSPS) is 19.7. The smallest absolute Gasteiger partial charge is 0.303 e. The van der Waals surface area contributed by atoms with Gasteiger partial charge in [-0.15, -0.1) is 0 Å². The molecule has 2 aromatic carbocycles. The molecule has 0 saturated carbocycles. The number of nitrogens with one attached hydrogen (secondary N) is 1. The van der Waals surface area contributed by atoms with Gasteiger partial charge in [-0.2, -0.15) is 4.72 Å². The molecule has 2 aromatic rings. The molecule has 2 atom stereocenters. The molecule has 8 heteroatoms. The first-order valence-electron chi connectivity index (χ1n) is 10.3. The number of rotatable bonds is 8. The molecule has 1 heterocycles. The quantitative estimate of drug-likeness (QED) is 0.623. The van der Waals surface area contributed by atoms with Crippen LogP contribution in [0.2, 0.25) is 0 Å². The molecule has 2 N–H and O–H groups in total. The first-order valence-corrected chi connectivity index (χ1v) is 11.8. The fraction of sp³-hybridized carbons (Fsp3) is 0.455. The third-order valence-corrected chi connectivity index (χ3v) is 7.00. The van der Waals surface area contributed by atoms with Crippen LogP contribution in [0, 0.1) is 5.92 Å². The average Bonchev–Trinajstić information content (AvgIpc) is 2.70. The van der Waals surface area contributed by atoms with Gasteiger partial charge in [0.15, 0.2) is 0 Å². The van der Waals surface area contributed by atoms with Crippen LogP contribution in [0.3, 0.4) is 0 Å². The zero-order chi connectivity index (χ0) is 21.7. The number of carbonyl (C=O) groups excluding carboxylic acids is 1. The van der Waals surface area contributed by atoms with Crippen molar-refractivity contribution in [1.29, 1.82) is 0 Å². The summed E-state index contributed by atoms with van der Waals surface area (Å²) in [7, 11) is -3.80. The molecule has 1 aliphatic rings. The molecule has 0 radical (unpaired) electrons. The van der Waals surface area contributed by atoms with Gasteiger partial charge in [-0.25, -0.2) is 8.42 Å². The molecule has 1 saturated heterocycles. The van der Waals surface area contributed by atoms with Crippen molar-refractivity contribution in [1.82, 2.24) is 9.62 Å². The van der Waals surface area contributed by atoms with Crippen LogP contribution in [-0.4, -0.2) is 43.0 Å². The third-order valence-electron chi connectivity index (χ3n) is 5.54. The number of amides is 1. The lowest BCUT2D eigenvalue weighted by molar-refractivity contribution is -0.138. The summed E-state index contributed by atoms with van der Waals surface area (Å²) in [5.41, 5.74) is 0. The summed E-state index contributed by atoms with van der Waals surface area (Å²) in [6.45, 7) is 2.54. The summed E-state index contributed by atoms with van der Waals surface area (Å²) in [5.74, 6) is -0.723. The average molecular weight is 433 g/mol. The standard InChI is InChI=1S/C22H28N2O5S/c1-16-12-13-24(21(25)8-4-5-9-22(26)27)20(14-16)23-30(28,29)19-11-10-17-6-2-3-7-18(17)15-19/h2-3,6-7,10-11,15-16,20,23H,4-5,8-9,12-14H2,1H3,(H,26,27)/t16?,20-/m1/s1. The van der Waals surface area contributed by atoms with Gasteiger partial charge in [0.05, 0.1) is 11.1 Å². The molecule has 3 rings (SSSR count). The van der Waals surface area contributed by atoms with E-state index in [0.717, 1.165) is 17.2 Å². The van der Waals surface area contributed by atoms with E-state index in [1.807, 2.05) is 31.2 Å². The predicted molar refractivity (Wildman–Crippen MR) is 114 cm³/mol.